The van der Waals surface area contributed by atoms with E-state index in [0.29, 0.717) is 6.54 Å². The molecule has 2 aromatic rings. The Morgan fingerprint density at radius 1 is 1.17 bits per heavy atom. The van der Waals surface area contributed by atoms with E-state index in [0.717, 1.165) is 21.9 Å². The second-order valence-corrected chi connectivity index (χ2v) is 8.91. The lowest BCUT2D eigenvalue weighted by Crippen LogP contribution is -2.51. The second kappa shape index (κ2) is 8.47. The first-order valence-electron chi connectivity index (χ1n) is 9.37. The molecule has 2 atom stereocenters. The maximum absolute atomic E-state index is 13.6. The molecule has 154 valence electrons. The van der Waals surface area contributed by atoms with Crippen LogP contribution in [0.2, 0.25) is 0 Å². The van der Waals surface area contributed by atoms with Gasteiger partial charge in [0.15, 0.2) is 6.10 Å². The van der Waals surface area contributed by atoms with Crippen molar-refractivity contribution in [2.75, 3.05) is 18.6 Å². The van der Waals surface area contributed by atoms with Gasteiger partial charge >= 0.3 is 5.97 Å². The van der Waals surface area contributed by atoms with Crippen molar-refractivity contribution < 1.29 is 19.1 Å². The highest BCUT2D eigenvalue weighted by molar-refractivity contribution is 7.99. The third-order valence-corrected chi connectivity index (χ3v) is 5.87. The van der Waals surface area contributed by atoms with Gasteiger partial charge in [0.1, 0.15) is 5.75 Å². The van der Waals surface area contributed by atoms with E-state index in [1.54, 1.807) is 12.0 Å². The van der Waals surface area contributed by atoms with E-state index in [-0.39, 0.29) is 5.91 Å². The lowest BCUT2D eigenvalue weighted by atomic mass is 10.0. The van der Waals surface area contributed by atoms with E-state index < -0.39 is 22.9 Å². The second-order valence-electron chi connectivity index (χ2n) is 7.72. The molecule has 0 bridgehead atoms. The van der Waals surface area contributed by atoms with E-state index in [2.05, 4.69) is 0 Å². The summed E-state index contributed by atoms with van der Waals surface area (Å²) in [5.41, 5.74) is 7.27. The number of para-hydroxylation sites is 1. The maximum Gasteiger partial charge on any atom is 0.303 e. The number of methoxy groups -OCH3 is 1. The molecule has 0 aliphatic carbocycles. The number of nitrogens with zero attached hydrogens (tertiary/aromatic N) is 1. The number of carbonyl (C=O) groups excluding carboxylic acids is 2. The molecule has 2 unspecified atom stereocenters. The Morgan fingerprint density at radius 2 is 1.83 bits per heavy atom. The van der Waals surface area contributed by atoms with Gasteiger partial charge in [-0.05, 0) is 43.7 Å². The van der Waals surface area contributed by atoms with Crippen molar-refractivity contribution in [2.24, 2.45) is 5.73 Å². The number of thioether (sulfide) groups is 1. The molecular weight excluding hydrogens is 388 g/mol. The molecule has 1 amide bonds. The molecule has 7 heteroatoms. The number of nitrogens with two attached hydrogens (primary N) is 1. The molecule has 2 aromatic carbocycles. The van der Waals surface area contributed by atoms with Crippen LogP contribution in [-0.4, -0.2) is 37.2 Å². The number of rotatable bonds is 5. The van der Waals surface area contributed by atoms with E-state index in [4.69, 9.17) is 15.2 Å². The smallest absolute Gasteiger partial charge is 0.303 e. The van der Waals surface area contributed by atoms with Gasteiger partial charge in [0.25, 0.3) is 5.91 Å². The first kappa shape index (κ1) is 21.2. The maximum atomic E-state index is 13.6. The molecule has 1 aliphatic rings. The van der Waals surface area contributed by atoms with Gasteiger partial charge in [0, 0.05) is 23.9 Å². The predicted molar refractivity (Wildman–Crippen MR) is 114 cm³/mol. The van der Waals surface area contributed by atoms with Crippen LogP contribution in [0.3, 0.4) is 0 Å². The minimum absolute atomic E-state index is 0.281. The van der Waals surface area contributed by atoms with Crippen LogP contribution in [0.1, 0.15) is 31.6 Å². The summed E-state index contributed by atoms with van der Waals surface area (Å²) in [6.45, 7) is 5.35. The van der Waals surface area contributed by atoms with Crippen LogP contribution >= 0.6 is 11.8 Å². The van der Waals surface area contributed by atoms with Gasteiger partial charge in [-0.15, -0.1) is 11.8 Å². The molecule has 6 nitrogen and oxygen atoms in total. The fourth-order valence-corrected chi connectivity index (χ4v) is 4.60. The summed E-state index contributed by atoms with van der Waals surface area (Å²) in [5.74, 6) is -0.0630. The van der Waals surface area contributed by atoms with E-state index >= 15 is 0 Å². The number of esters is 1. The molecule has 0 radical (unpaired) electrons. The molecule has 1 heterocycles. The van der Waals surface area contributed by atoms with Gasteiger partial charge in [-0.3, -0.25) is 9.59 Å². The molecular formula is C22H26N2O4S. The summed E-state index contributed by atoms with van der Waals surface area (Å²) in [6, 6.07) is 15.1. The molecule has 1 aliphatic heterocycles. The monoisotopic (exact) mass is 414 g/mol. The van der Waals surface area contributed by atoms with Crippen molar-refractivity contribution in [3.8, 4) is 5.75 Å². The Balaban J connectivity index is 2.11. The van der Waals surface area contributed by atoms with Gasteiger partial charge in [0.05, 0.1) is 18.0 Å². The van der Waals surface area contributed by atoms with Gasteiger partial charge in [-0.2, -0.15) is 0 Å². The summed E-state index contributed by atoms with van der Waals surface area (Å²) in [4.78, 5) is 28.0. The van der Waals surface area contributed by atoms with Crippen LogP contribution in [0, 0.1) is 0 Å². The fourth-order valence-electron chi connectivity index (χ4n) is 3.28. The van der Waals surface area contributed by atoms with E-state index in [1.807, 2.05) is 62.4 Å². The van der Waals surface area contributed by atoms with Crippen molar-refractivity contribution in [3.05, 3.63) is 54.1 Å². The lowest BCUT2D eigenvalue weighted by molar-refractivity contribution is -0.152. The Labute approximate surface area is 175 Å². The van der Waals surface area contributed by atoms with Crippen molar-refractivity contribution in [1.29, 1.82) is 0 Å². The number of benzene rings is 2. The Bertz CT molecular complexity index is 892. The van der Waals surface area contributed by atoms with Gasteiger partial charge in [0.2, 0.25) is 0 Å². The van der Waals surface area contributed by atoms with Gasteiger partial charge in [-0.25, -0.2) is 0 Å². The lowest BCUT2D eigenvalue weighted by Gasteiger charge is -2.32. The first-order valence-corrected chi connectivity index (χ1v) is 10.2. The number of ether oxygens (including phenoxy) is 2. The largest absolute Gasteiger partial charge is 0.497 e. The molecule has 0 saturated carbocycles. The average molecular weight is 415 g/mol. The third kappa shape index (κ3) is 4.92. The molecule has 0 fully saturated rings. The summed E-state index contributed by atoms with van der Waals surface area (Å²) >= 11 is 1.51. The molecule has 3 rings (SSSR count). The predicted octanol–water partition coefficient (Wildman–Crippen LogP) is 3.54. The van der Waals surface area contributed by atoms with Crippen LogP contribution in [0.15, 0.2) is 53.4 Å². The fraction of sp³-hybridized carbons (Fsp3) is 0.364. The normalized spacial score (nSPS) is 19.3. The zero-order valence-electron chi connectivity index (χ0n) is 17.0. The SMILES string of the molecule is COc1ccc(C2Sc3ccccc3N(CC(C)(C)N)C(=O)C2OC(C)=O)cc1. The van der Waals surface area contributed by atoms with E-state index in [9.17, 15) is 9.59 Å². The van der Waals surface area contributed by atoms with Crippen LogP contribution in [-0.2, 0) is 14.3 Å². The minimum atomic E-state index is -0.972. The van der Waals surface area contributed by atoms with Gasteiger partial charge in [-0.1, -0.05) is 24.3 Å². The van der Waals surface area contributed by atoms with Crippen LogP contribution in [0.25, 0.3) is 0 Å². The standard InChI is InChI=1S/C22H26N2O4S/c1-14(25)28-19-20(15-9-11-16(27-4)12-10-15)29-18-8-6-5-7-17(18)24(21(19)26)13-22(2,3)23/h5-12,19-20H,13,23H2,1-4H3. The average Bonchev–Trinajstić information content (AvgIpc) is 2.77. The van der Waals surface area contributed by atoms with Crippen LogP contribution < -0.4 is 15.4 Å². The summed E-state index contributed by atoms with van der Waals surface area (Å²) in [6.07, 6.45) is -0.972. The zero-order chi connectivity index (χ0) is 21.2. The summed E-state index contributed by atoms with van der Waals surface area (Å²) < 4.78 is 10.8. The number of hydrogen-bond donors (Lipinski definition) is 1. The van der Waals surface area contributed by atoms with Crippen molar-refractivity contribution in [1.82, 2.24) is 0 Å². The Kier molecular flexibility index (Phi) is 6.19. The highest BCUT2D eigenvalue weighted by Gasteiger charge is 2.41. The van der Waals surface area contributed by atoms with Crippen molar-refractivity contribution >= 4 is 29.3 Å². The summed E-state index contributed by atoms with van der Waals surface area (Å²) in [7, 11) is 1.60. The molecule has 29 heavy (non-hydrogen) atoms. The highest BCUT2D eigenvalue weighted by atomic mass is 32.2. The summed E-state index contributed by atoms with van der Waals surface area (Å²) in [5, 5.41) is -0.399. The number of fused-ring (bicyclic) bond motifs is 1. The van der Waals surface area contributed by atoms with Crippen molar-refractivity contribution in [2.45, 2.75) is 42.6 Å². The zero-order valence-corrected chi connectivity index (χ0v) is 17.9. The Hall–Kier alpha value is -2.51. The number of carbonyl (C=O) groups is 2. The van der Waals surface area contributed by atoms with E-state index in [1.165, 1.54) is 18.7 Å². The van der Waals surface area contributed by atoms with Gasteiger partial charge < -0.3 is 20.1 Å². The third-order valence-electron chi connectivity index (χ3n) is 4.50. The Morgan fingerprint density at radius 3 is 2.41 bits per heavy atom. The molecule has 2 N–H and O–H groups in total. The van der Waals surface area contributed by atoms with Crippen LogP contribution in [0.5, 0.6) is 5.75 Å². The first-order chi connectivity index (χ1) is 13.7. The number of hydrogen-bond acceptors (Lipinski definition) is 6. The highest BCUT2D eigenvalue weighted by Crippen LogP contribution is 2.47. The quantitative estimate of drug-likeness (QED) is 0.754. The minimum Gasteiger partial charge on any atom is -0.497 e. The molecule has 0 spiro atoms. The van der Waals surface area contributed by atoms with Crippen molar-refractivity contribution in [3.63, 3.8) is 0 Å². The number of amides is 1. The number of anilines is 1. The topological polar surface area (TPSA) is 81.9 Å². The molecule has 0 aromatic heterocycles. The van der Waals surface area contributed by atoms with Crippen LogP contribution in [0.4, 0.5) is 5.69 Å². The molecule has 0 saturated heterocycles.